The molecule has 5 aliphatic rings. The number of anilines is 1. The Morgan fingerprint density at radius 3 is 2.32 bits per heavy atom. The third kappa shape index (κ3) is 6.75. The fraction of sp³-hybridized carbons (Fsp3) is 0.600. The Labute approximate surface area is 296 Å². The Morgan fingerprint density at radius 1 is 1.00 bits per heavy atom. The van der Waals surface area contributed by atoms with E-state index >= 15 is 0 Å². The average molecular weight is 684 g/mol. The summed E-state index contributed by atoms with van der Waals surface area (Å²) >= 11 is 0. The van der Waals surface area contributed by atoms with Gasteiger partial charge in [-0.25, -0.2) is 9.78 Å². The maximum absolute atomic E-state index is 14.4. The number of aryl methyl sites for hydroxylation is 2. The number of likely N-dealkylation sites (tertiary alicyclic amines) is 1. The van der Waals surface area contributed by atoms with Crippen molar-refractivity contribution in [1.29, 1.82) is 0 Å². The van der Waals surface area contributed by atoms with E-state index in [0.717, 1.165) is 86.9 Å². The van der Waals surface area contributed by atoms with Gasteiger partial charge in [-0.3, -0.25) is 14.4 Å². The largest absolute Gasteiger partial charge is 0.496 e. The summed E-state index contributed by atoms with van der Waals surface area (Å²) in [4.78, 5) is 35.0. The molecule has 3 heterocycles. The summed E-state index contributed by atoms with van der Waals surface area (Å²) in [6, 6.07) is 8.57. The van der Waals surface area contributed by atoms with Gasteiger partial charge in [0.1, 0.15) is 18.2 Å². The number of hydrogen-bond donors (Lipinski definition) is 1. The molecule has 4 aliphatic carbocycles. The quantitative estimate of drug-likeness (QED) is 0.242. The minimum Gasteiger partial charge on any atom is -0.496 e. The number of aromatic nitrogens is 3. The Balaban J connectivity index is 1.08. The zero-order valence-electron chi connectivity index (χ0n) is 30.2. The van der Waals surface area contributed by atoms with E-state index in [4.69, 9.17) is 14.5 Å². The first-order valence-corrected chi connectivity index (χ1v) is 18.7. The van der Waals surface area contributed by atoms with Gasteiger partial charge in [0.05, 0.1) is 38.5 Å². The maximum Gasteiger partial charge on any atom is 0.410 e. The Bertz CT molecular complexity index is 1660. The number of amides is 2. The summed E-state index contributed by atoms with van der Waals surface area (Å²) in [6.45, 7) is 7.79. The maximum atomic E-state index is 14.4. The van der Waals surface area contributed by atoms with E-state index in [9.17, 15) is 14.7 Å². The summed E-state index contributed by atoms with van der Waals surface area (Å²) in [5.74, 6) is 1.99. The summed E-state index contributed by atoms with van der Waals surface area (Å²) in [5.41, 5.74) is 6.04. The van der Waals surface area contributed by atoms with Gasteiger partial charge in [0, 0.05) is 30.4 Å². The Kier molecular flexibility index (Phi) is 9.67. The van der Waals surface area contributed by atoms with E-state index in [1.165, 1.54) is 28.0 Å². The van der Waals surface area contributed by atoms with E-state index in [1.54, 1.807) is 11.8 Å². The van der Waals surface area contributed by atoms with E-state index in [2.05, 4.69) is 42.0 Å². The molecule has 2 amide bonds. The smallest absolute Gasteiger partial charge is 0.410 e. The number of ether oxygens (including phenoxy) is 2. The highest BCUT2D eigenvalue weighted by Crippen LogP contribution is 2.58. The van der Waals surface area contributed by atoms with Crippen LogP contribution in [0.5, 0.6) is 5.75 Å². The number of carbonyl (C=O) groups is 2. The van der Waals surface area contributed by atoms with Crippen molar-refractivity contribution in [1.82, 2.24) is 19.7 Å². The normalized spacial score (nSPS) is 24.5. The van der Waals surface area contributed by atoms with Gasteiger partial charge in [-0.2, -0.15) is 5.10 Å². The zero-order chi connectivity index (χ0) is 35.0. The van der Waals surface area contributed by atoms with E-state index in [1.807, 2.05) is 31.6 Å². The summed E-state index contributed by atoms with van der Waals surface area (Å²) < 4.78 is 12.9. The lowest BCUT2D eigenvalue weighted by Crippen LogP contribution is -2.53. The van der Waals surface area contributed by atoms with Crippen LogP contribution < -0.4 is 9.64 Å². The SMILES string of the molecule is COc1c(C)cc(C23CCC(CN(C(=O)C4CCCCC4)c4cc(-c5cnn(C(C)COC(=O)N6CC(O)C6)c5)ccn4)(CC2)CC3)cc1C. The van der Waals surface area contributed by atoms with E-state index in [-0.39, 0.29) is 35.3 Å². The van der Waals surface area contributed by atoms with E-state index < -0.39 is 12.2 Å². The molecule has 10 nitrogen and oxygen atoms in total. The van der Waals surface area contributed by atoms with Gasteiger partial charge in [-0.15, -0.1) is 0 Å². The fourth-order valence-corrected chi connectivity index (χ4v) is 9.13. The van der Waals surface area contributed by atoms with Gasteiger partial charge in [-0.05, 0) is 117 Å². The first-order valence-electron chi connectivity index (χ1n) is 18.7. The summed E-state index contributed by atoms with van der Waals surface area (Å²) in [6.07, 6.45) is 16.8. The monoisotopic (exact) mass is 683 g/mol. The first-order chi connectivity index (χ1) is 24.1. The second-order valence-electron chi connectivity index (χ2n) is 15.8. The molecule has 2 bridgehead atoms. The Hall–Kier alpha value is -3.92. The molecule has 1 saturated heterocycles. The van der Waals surface area contributed by atoms with Crippen LogP contribution in [0.4, 0.5) is 10.6 Å². The molecule has 4 saturated carbocycles. The van der Waals surface area contributed by atoms with Crippen LogP contribution in [0.2, 0.25) is 0 Å². The van der Waals surface area contributed by atoms with Crippen molar-refractivity contribution in [3.63, 3.8) is 0 Å². The number of fused-ring (bicyclic) bond motifs is 3. The molecule has 1 aromatic carbocycles. The van der Waals surface area contributed by atoms with Gasteiger partial charge in [0.25, 0.3) is 0 Å². The van der Waals surface area contributed by atoms with Crippen LogP contribution in [0.1, 0.15) is 100 Å². The third-order valence-electron chi connectivity index (χ3n) is 12.4. The van der Waals surface area contributed by atoms with Gasteiger partial charge < -0.3 is 19.5 Å². The number of carbonyl (C=O) groups excluding carboxylic acids is 2. The van der Waals surface area contributed by atoms with Crippen molar-refractivity contribution in [2.45, 2.75) is 109 Å². The average Bonchev–Trinajstić information content (AvgIpc) is 3.63. The molecule has 1 atom stereocenters. The zero-order valence-corrected chi connectivity index (χ0v) is 30.2. The fourth-order valence-electron chi connectivity index (χ4n) is 9.13. The molecule has 8 rings (SSSR count). The van der Waals surface area contributed by atoms with Crippen molar-refractivity contribution < 1.29 is 24.2 Å². The highest BCUT2D eigenvalue weighted by molar-refractivity contribution is 5.95. The minimum absolute atomic E-state index is 0.0490. The molecule has 5 fully saturated rings. The number of β-amino-alcohol motifs (C(OH)–C–C–N with tert-alkyl or cyclic N) is 1. The number of hydrogen-bond acceptors (Lipinski definition) is 7. The molecule has 0 radical (unpaired) electrons. The molecule has 0 spiro atoms. The van der Waals surface area contributed by atoms with Crippen LogP contribution in [0, 0.1) is 25.2 Å². The predicted molar refractivity (Wildman–Crippen MR) is 192 cm³/mol. The molecule has 10 heteroatoms. The number of benzene rings is 1. The van der Waals surface area contributed by atoms with Gasteiger partial charge in [-0.1, -0.05) is 31.4 Å². The first kappa shape index (κ1) is 34.5. The number of rotatable bonds is 10. The summed E-state index contributed by atoms with van der Waals surface area (Å²) in [5, 5.41) is 14.1. The Morgan fingerprint density at radius 2 is 1.68 bits per heavy atom. The van der Waals surface area contributed by atoms with Crippen molar-refractivity contribution in [3.05, 3.63) is 59.5 Å². The lowest BCUT2D eigenvalue weighted by Gasteiger charge is -2.55. The van der Waals surface area contributed by atoms with Crippen molar-refractivity contribution in [2.75, 3.05) is 38.3 Å². The topological polar surface area (TPSA) is 110 Å². The van der Waals surface area contributed by atoms with Crippen LogP contribution in [0.15, 0.2) is 42.9 Å². The van der Waals surface area contributed by atoms with Crippen LogP contribution in [-0.4, -0.2) is 76.2 Å². The number of aliphatic hydroxyl groups excluding tert-OH is 1. The van der Waals surface area contributed by atoms with Gasteiger partial charge in [0.15, 0.2) is 0 Å². The third-order valence-corrected chi connectivity index (χ3v) is 12.4. The van der Waals surface area contributed by atoms with Crippen molar-refractivity contribution in [2.24, 2.45) is 11.3 Å². The highest BCUT2D eigenvalue weighted by atomic mass is 16.6. The van der Waals surface area contributed by atoms with Crippen molar-refractivity contribution in [3.8, 4) is 16.9 Å². The molecule has 1 N–H and O–H groups in total. The van der Waals surface area contributed by atoms with Crippen LogP contribution >= 0.6 is 0 Å². The van der Waals surface area contributed by atoms with Crippen LogP contribution in [-0.2, 0) is 14.9 Å². The number of nitrogens with zero attached hydrogens (tertiary/aromatic N) is 5. The predicted octanol–water partition coefficient (Wildman–Crippen LogP) is 7.15. The van der Waals surface area contributed by atoms with Crippen LogP contribution in [0.25, 0.3) is 11.1 Å². The molecule has 3 aromatic rings. The molecule has 1 unspecified atom stereocenters. The lowest BCUT2D eigenvalue weighted by molar-refractivity contribution is -0.124. The van der Waals surface area contributed by atoms with Gasteiger partial charge in [0.2, 0.25) is 5.91 Å². The standard InChI is InChI=1S/C40H53N5O5/c1-27-18-33(19-28(2)36(27)49-4)40-14-11-39(12-15-40,13-16-40)26-44(37(47)30-8-6-5-7-9-30)35-20-31(10-17-41-35)32-21-42-45(22-32)29(3)25-50-38(48)43-23-34(46)24-43/h10,17-22,29-30,34,46H,5-9,11-16,23-26H2,1-4H3. The van der Waals surface area contributed by atoms with Crippen molar-refractivity contribution >= 4 is 17.8 Å². The summed E-state index contributed by atoms with van der Waals surface area (Å²) in [7, 11) is 1.76. The molecule has 1 aliphatic heterocycles. The van der Waals surface area contributed by atoms with E-state index in [0.29, 0.717) is 19.6 Å². The number of pyridine rings is 1. The minimum atomic E-state index is -0.462. The lowest BCUT2D eigenvalue weighted by atomic mass is 9.51. The van der Waals surface area contributed by atoms with Crippen LogP contribution in [0.3, 0.4) is 0 Å². The molecule has 268 valence electrons. The molecular weight excluding hydrogens is 630 g/mol. The molecule has 50 heavy (non-hydrogen) atoms. The second kappa shape index (κ2) is 14.0. The second-order valence-corrected chi connectivity index (χ2v) is 15.8. The highest BCUT2D eigenvalue weighted by Gasteiger charge is 2.51. The number of aliphatic hydroxyl groups is 1. The van der Waals surface area contributed by atoms with Gasteiger partial charge >= 0.3 is 6.09 Å². The molecule has 2 aromatic heterocycles. The number of methoxy groups -OCH3 is 1. The molecular formula is C40H53N5O5.